The number of carbonyl (C=O) groups is 2. The summed E-state index contributed by atoms with van der Waals surface area (Å²) in [6.45, 7) is 5.65. The highest BCUT2D eigenvalue weighted by Crippen LogP contribution is 2.27. The van der Waals surface area contributed by atoms with Crippen LogP contribution in [-0.4, -0.2) is 59.3 Å². The Bertz CT molecular complexity index is 592. The molecule has 2 atom stereocenters. The summed E-state index contributed by atoms with van der Waals surface area (Å²) in [5.41, 5.74) is 1.07. The smallest absolute Gasteiger partial charge is 0.228 e. The van der Waals surface area contributed by atoms with E-state index < -0.39 is 0 Å². The van der Waals surface area contributed by atoms with E-state index in [0.29, 0.717) is 19.5 Å². The molecule has 0 aliphatic carbocycles. The molecule has 2 amide bonds. The van der Waals surface area contributed by atoms with Crippen molar-refractivity contribution in [3.63, 3.8) is 0 Å². The van der Waals surface area contributed by atoms with Gasteiger partial charge in [0, 0.05) is 51.5 Å². The van der Waals surface area contributed by atoms with E-state index >= 15 is 0 Å². The fourth-order valence-electron chi connectivity index (χ4n) is 3.85. The summed E-state index contributed by atoms with van der Waals surface area (Å²) in [6, 6.07) is 3.97. The molecule has 2 saturated heterocycles. The zero-order valence-corrected chi connectivity index (χ0v) is 15.0. The summed E-state index contributed by atoms with van der Waals surface area (Å²) >= 11 is 0. The topological polar surface area (TPSA) is 65.5 Å². The van der Waals surface area contributed by atoms with Crippen molar-refractivity contribution in [3.05, 3.63) is 30.1 Å². The van der Waals surface area contributed by atoms with Gasteiger partial charge >= 0.3 is 0 Å². The van der Waals surface area contributed by atoms with Gasteiger partial charge < -0.3 is 15.1 Å². The standard InChI is InChI=1S/C19H28N4O2/c1-2-5-18(24)22-10-4-7-16(14-22)19(25)23-11-9-21-13-17(23)15-6-3-8-20-12-15/h3,6,8,12,16-17,21H,2,4-5,7,9-11,13-14H2,1H3. The van der Waals surface area contributed by atoms with Crippen LogP contribution < -0.4 is 5.32 Å². The second-order valence-corrected chi connectivity index (χ2v) is 6.97. The Morgan fingerprint density at radius 3 is 3.00 bits per heavy atom. The molecule has 1 aromatic rings. The van der Waals surface area contributed by atoms with E-state index in [-0.39, 0.29) is 23.8 Å². The molecule has 0 bridgehead atoms. The maximum absolute atomic E-state index is 13.2. The Kier molecular flexibility index (Phi) is 6.02. The summed E-state index contributed by atoms with van der Waals surface area (Å²) in [6.07, 6.45) is 6.82. The van der Waals surface area contributed by atoms with Gasteiger partial charge in [0.1, 0.15) is 0 Å². The average Bonchev–Trinajstić information content (AvgIpc) is 2.68. The van der Waals surface area contributed by atoms with E-state index in [0.717, 1.165) is 44.5 Å². The van der Waals surface area contributed by atoms with Crippen LogP contribution in [0, 0.1) is 5.92 Å². The molecule has 136 valence electrons. The zero-order chi connectivity index (χ0) is 17.6. The molecule has 0 spiro atoms. The molecule has 0 radical (unpaired) electrons. The van der Waals surface area contributed by atoms with Gasteiger partial charge in [-0.1, -0.05) is 13.0 Å². The molecule has 2 fully saturated rings. The summed E-state index contributed by atoms with van der Waals surface area (Å²) in [5.74, 6) is 0.292. The number of likely N-dealkylation sites (tertiary alicyclic amines) is 1. The Hall–Kier alpha value is -1.95. The van der Waals surface area contributed by atoms with Gasteiger partial charge in [-0.25, -0.2) is 0 Å². The predicted octanol–water partition coefficient (Wildman–Crippen LogP) is 1.59. The van der Waals surface area contributed by atoms with Crippen LogP contribution in [0.1, 0.15) is 44.2 Å². The highest BCUT2D eigenvalue weighted by Gasteiger charge is 2.35. The van der Waals surface area contributed by atoms with Gasteiger partial charge in [-0.3, -0.25) is 14.6 Å². The van der Waals surface area contributed by atoms with E-state index in [1.165, 1.54) is 0 Å². The molecule has 3 heterocycles. The largest absolute Gasteiger partial charge is 0.342 e. The maximum Gasteiger partial charge on any atom is 0.228 e. The van der Waals surface area contributed by atoms with Gasteiger partial charge in [-0.2, -0.15) is 0 Å². The Balaban J connectivity index is 1.70. The van der Waals surface area contributed by atoms with Crippen molar-refractivity contribution in [2.75, 3.05) is 32.7 Å². The average molecular weight is 344 g/mol. The number of rotatable bonds is 4. The molecule has 1 N–H and O–H groups in total. The highest BCUT2D eigenvalue weighted by molar-refractivity contribution is 5.82. The van der Waals surface area contributed by atoms with Crippen molar-refractivity contribution in [2.24, 2.45) is 5.92 Å². The molecule has 1 aromatic heterocycles. The molecule has 25 heavy (non-hydrogen) atoms. The van der Waals surface area contributed by atoms with Crippen molar-refractivity contribution in [1.29, 1.82) is 0 Å². The third-order valence-corrected chi connectivity index (χ3v) is 5.18. The molecule has 6 nitrogen and oxygen atoms in total. The van der Waals surface area contributed by atoms with Crippen molar-refractivity contribution in [1.82, 2.24) is 20.1 Å². The molecular formula is C19H28N4O2. The SMILES string of the molecule is CCCC(=O)N1CCCC(C(=O)N2CCNCC2c2cccnc2)C1. The number of nitrogens with one attached hydrogen (secondary N) is 1. The van der Waals surface area contributed by atoms with E-state index in [4.69, 9.17) is 0 Å². The number of aromatic nitrogens is 1. The Labute approximate surface area is 149 Å². The minimum Gasteiger partial charge on any atom is -0.342 e. The fourth-order valence-corrected chi connectivity index (χ4v) is 3.85. The number of hydrogen-bond acceptors (Lipinski definition) is 4. The van der Waals surface area contributed by atoms with Crippen LogP contribution >= 0.6 is 0 Å². The van der Waals surface area contributed by atoms with Crippen LogP contribution in [0.15, 0.2) is 24.5 Å². The van der Waals surface area contributed by atoms with Crippen LogP contribution in [0.2, 0.25) is 0 Å². The van der Waals surface area contributed by atoms with Gasteiger partial charge in [0.2, 0.25) is 11.8 Å². The van der Waals surface area contributed by atoms with Crippen LogP contribution in [0.3, 0.4) is 0 Å². The van der Waals surface area contributed by atoms with E-state index in [9.17, 15) is 9.59 Å². The van der Waals surface area contributed by atoms with Crippen LogP contribution in [-0.2, 0) is 9.59 Å². The van der Waals surface area contributed by atoms with Gasteiger partial charge in [0.15, 0.2) is 0 Å². The lowest BCUT2D eigenvalue weighted by atomic mass is 9.94. The number of piperidine rings is 1. The molecule has 6 heteroatoms. The Morgan fingerprint density at radius 2 is 2.24 bits per heavy atom. The molecule has 0 saturated carbocycles. The lowest BCUT2D eigenvalue weighted by Crippen LogP contribution is -2.53. The fraction of sp³-hybridized carbons (Fsp3) is 0.632. The second kappa shape index (κ2) is 8.43. The predicted molar refractivity (Wildman–Crippen MR) is 95.8 cm³/mol. The summed E-state index contributed by atoms with van der Waals surface area (Å²) in [5, 5.41) is 3.38. The van der Waals surface area contributed by atoms with Crippen LogP contribution in [0.4, 0.5) is 0 Å². The third-order valence-electron chi connectivity index (χ3n) is 5.18. The van der Waals surface area contributed by atoms with Gasteiger partial charge in [-0.15, -0.1) is 0 Å². The minimum absolute atomic E-state index is 0.0247. The zero-order valence-electron chi connectivity index (χ0n) is 15.0. The highest BCUT2D eigenvalue weighted by atomic mass is 16.2. The van der Waals surface area contributed by atoms with Gasteiger partial charge in [0.05, 0.1) is 12.0 Å². The molecule has 2 unspecified atom stereocenters. The molecule has 2 aliphatic rings. The molecule has 3 rings (SSSR count). The van der Waals surface area contributed by atoms with Crippen molar-refractivity contribution >= 4 is 11.8 Å². The number of carbonyl (C=O) groups excluding carboxylic acids is 2. The first-order valence-electron chi connectivity index (χ1n) is 9.39. The summed E-state index contributed by atoms with van der Waals surface area (Å²) in [7, 11) is 0. The maximum atomic E-state index is 13.2. The summed E-state index contributed by atoms with van der Waals surface area (Å²) in [4.78, 5) is 33.5. The monoisotopic (exact) mass is 344 g/mol. The summed E-state index contributed by atoms with van der Waals surface area (Å²) < 4.78 is 0. The first-order chi connectivity index (χ1) is 12.2. The van der Waals surface area contributed by atoms with E-state index in [2.05, 4.69) is 10.3 Å². The third kappa shape index (κ3) is 4.18. The van der Waals surface area contributed by atoms with Crippen molar-refractivity contribution < 1.29 is 9.59 Å². The minimum atomic E-state index is -0.0770. The van der Waals surface area contributed by atoms with Crippen molar-refractivity contribution in [3.8, 4) is 0 Å². The van der Waals surface area contributed by atoms with E-state index in [1.54, 1.807) is 6.20 Å². The number of hydrogen-bond donors (Lipinski definition) is 1. The Morgan fingerprint density at radius 1 is 1.36 bits per heavy atom. The molecule has 2 aliphatic heterocycles. The molecular weight excluding hydrogens is 316 g/mol. The molecule has 0 aromatic carbocycles. The number of nitrogens with zero attached hydrogens (tertiary/aromatic N) is 3. The van der Waals surface area contributed by atoms with Crippen LogP contribution in [0.5, 0.6) is 0 Å². The van der Waals surface area contributed by atoms with Crippen LogP contribution in [0.25, 0.3) is 0 Å². The van der Waals surface area contributed by atoms with Crippen molar-refractivity contribution in [2.45, 2.75) is 38.6 Å². The normalized spacial score (nSPS) is 24.2. The number of piperazine rings is 1. The first kappa shape index (κ1) is 17.9. The lowest BCUT2D eigenvalue weighted by Gasteiger charge is -2.40. The van der Waals surface area contributed by atoms with E-state index in [1.807, 2.05) is 35.1 Å². The number of pyridine rings is 1. The second-order valence-electron chi connectivity index (χ2n) is 6.97. The first-order valence-corrected chi connectivity index (χ1v) is 9.39. The lowest BCUT2D eigenvalue weighted by molar-refractivity contribution is -0.143. The van der Waals surface area contributed by atoms with Gasteiger partial charge in [0.25, 0.3) is 0 Å². The number of amides is 2. The quantitative estimate of drug-likeness (QED) is 0.901. The van der Waals surface area contributed by atoms with Gasteiger partial charge in [-0.05, 0) is 30.9 Å².